The van der Waals surface area contributed by atoms with E-state index in [4.69, 9.17) is 4.74 Å². The number of nitro groups is 1. The third-order valence-electron chi connectivity index (χ3n) is 3.59. The molecule has 0 spiro atoms. The van der Waals surface area contributed by atoms with Crippen LogP contribution in [0.25, 0.3) is 0 Å². The van der Waals surface area contributed by atoms with Crippen molar-refractivity contribution in [1.29, 1.82) is 0 Å². The van der Waals surface area contributed by atoms with Gasteiger partial charge in [0.05, 0.1) is 17.4 Å². The van der Waals surface area contributed by atoms with Crippen LogP contribution < -0.4 is 4.90 Å². The zero-order chi connectivity index (χ0) is 15.4. The van der Waals surface area contributed by atoms with Gasteiger partial charge < -0.3 is 9.64 Å². The van der Waals surface area contributed by atoms with Crippen molar-refractivity contribution in [2.45, 2.75) is 19.8 Å². The smallest absolute Gasteiger partial charge is 0.309 e. The third-order valence-corrected chi connectivity index (χ3v) is 3.59. The molecule has 0 amide bonds. The minimum absolute atomic E-state index is 0.119. The van der Waals surface area contributed by atoms with Gasteiger partial charge in [0.15, 0.2) is 0 Å². The highest BCUT2D eigenvalue weighted by atomic mass is 19.1. The summed E-state index contributed by atoms with van der Waals surface area (Å²) in [5.74, 6) is -0.928. The molecule has 7 heteroatoms. The van der Waals surface area contributed by atoms with E-state index < -0.39 is 10.7 Å². The standard InChI is InChI=1S/C14H17FN2O4/c1-2-21-14(18)10-5-7-16(8-6-10)13-9-11(15)3-4-12(13)17(19)20/h3-4,9-10H,2,5-8H2,1H3. The van der Waals surface area contributed by atoms with Crippen LogP contribution in [0, 0.1) is 21.8 Å². The summed E-state index contributed by atoms with van der Waals surface area (Å²) in [5.41, 5.74) is 0.147. The number of hydrogen-bond donors (Lipinski definition) is 0. The molecule has 1 aliphatic heterocycles. The van der Waals surface area contributed by atoms with Crippen molar-refractivity contribution in [3.05, 3.63) is 34.1 Å². The Morgan fingerprint density at radius 2 is 2.14 bits per heavy atom. The number of nitrogens with zero attached hydrogens (tertiary/aromatic N) is 2. The third kappa shape index (κ3) is 3.48. The van der Waals surface area contributed by atoms with Crippen molar-refractivity contribution in [1.82, 2.24) is 0 Å². The summed E-state index contributed by atoms with van der Waals surface area (Å²) in [7, 11) is 0. The summed E-state index contributed by atoms with van der Waals surface area (Å²) in [6.45, 7) is 3.03. The number of carbonyl (C=O) groups is 1. The molecule has 1 fully saturated rings. The van der Waals surface area contributed by atoms with E-state index in [9.17, 15) is 19.3 Å². The molecule has 0 unspecified atom stereocenters. The lowest BCUT2D eigenvalue weighted by atomic mass is 9.96. The van der Waals surface area contributed by atoms with E-state index in [0.29, 0.717) is 32.5 Å². The maximum Gasteiger partial charge on any atom is 0.309 e. The Hall–Kier alpha value is -2.18. The second-order valence-electron chi connectivity index (χ2n) is 4.90. The Labute approximate surface area is 121 Å². The maximum absolute atomic E-state index is 13.3. The monoisotopic (exact) mass is 296 g/mol. The van der Waals surface area contributed by atoms with Crippen molar-refractivity contribution < 1.29 is 18.8 Å². The Bertz CT molecular complexity index is 542. The van der Waals surface area contributed by atoms with E-state index >= 15 is 0 Å². The minimum atomic E-state index is -0.522. The van der Waals surface area contributed by atoms with Gasteiger partial charge in [-0.2, -0.15) is 0 Å². The Balaban J connectivity index is 2.10. The van der Waals surface area contributed by atoms with Crippen LogP contribution in [0.5, 0.6) is 0 Å². The van der Waals surface area contributed by atoms with Gasteiger partial charge in [-0.25, -0.2) is 4.39 Å². The molecule has 1 saturated heterocycles. The Morgan fingerprint density at radius 3 is 2.71 bits per heavy atom. The largest absolute Gasteiger partial charge is 0.466 e. The van der Waals surface area contributed by atoms with Gasteiger partial charge in [-0.05, 0) is 25.8 Å². The second kappa shape index (κ2) is 6.51. The van der Waals surface area contributed by atoms with Gasteiger partial charge in [0.25, 0.3) is 5.69 Å². The minimum Gasteiger partial charge on any atom is -0.466 e. The molecule has 0 aliphatic carbocycles. The number of hydrogen-bond acceptors (Lipinski definition) is 5. The summed E-state index contributed by atoms with van der Waals surface area (Å²) in [4.78, 5) is 23.9. The number of piperidine rings is 1. The van der Waals surface area contributed by atoms with E-state index in [2.05, 4.69) is 0 Å². The summed E-state index contributed by atoms with van der Waals surface area (Å²) in [5, 5.41) is 11.0. The first-order valence-corrected chi connectivity index (χ1v) is 6.88. The number of anilines is 1. The first-order valence-electron chi connectivity index (χ1n) is 6.88. The number of benzene rings is 1. The molecule has 1 aromatic rings. The fourth-order valence-corrected chi connectivity index (χ4v) is 2.52. The topological polar surface area (TPSA) is 72.7 Å². The van der Waals surface area contributed by atoms with Gasteiger partial charge >= 0.3 is 5.97 Å². The highest BCUT2D eigenvalue weighted by Gasteiger charge is 2.29. The highest BCUT2D eigenvalue weighted by Crippen LogP contribution is 2.32. The second-order valence-corrected chi connectivity index (χ2v) is 4.90. The van der Waals surface area contributed by atoms with E-state index in [1.165, 1.54) is 12.1 Å². The zero-order valence-electron chi connectivity index (χ0n) is 11.8. The summed E-state index contributed by atoms with van der Waals surface area (Å²) in [6.07, 6.45) is 1.10. The SMILES string of the molecule is CCOC(=O)C1CCN(c2cc(F)ccc2[N+](=O)[O-])CC1. The van der Waals surface area contributed by atoms with Gasteiger partial charge in [-0.3, -0.25) is 14.9 Å². The molecule has 0 radical (unpaired) electrons. The first kappa shape index (κ1) is 15.2. The average molecular weight is 296 g/mol. The fraction of sp³-hybridized carbons (Fsp3) is 0.500. The predicted octanol–water partition coefficient (Wildman–Crippen LogP) is 2.51. The predicted molar refractivity (Wildman–Crippen MR) is 74.6 cm³/mol. The number of nitro benzene ring substituents is 1. The van der Waals surface area contributed by atoms with Crippen LogP contribution in [-0.4, -0.2) is 30.6 Å². The molecule has 0 bridgehead atoms. The number of ether oxygens (including phenoxy) is 1. The summed E-state index contributed by atoms with van der Waals surface area (Å²) >= 11 is 0. The normalized spacial score (nSPS) is 15.8. The van der Waals surface area contributed by atoms with Crippen molar-refractivity contribution >= 4 is 17.3 Å². The molecule has 1 aromatic carbocycles. The van der Waals surface area contributed by atoms with Crippen LogP contribution in [0.4, 0.5) is 15.8 Å². The summed E-state index contributed by atoms with van der Waals surface area (Å²) < 4.78 is 18.3. The van der Waals surface area contributed by atoms with Crippen molar-refractivity contribution in [3.63, 3.8) is 0 Å². The van der Waals surface area contributed by atoms with Crippen LogP contribution in [0.1, 0.15) is 19.8 Å². The van der Waals surface area contributed by atoms with Crippen molar-refractivity contribution in [3.8, 4) is 0 Å². The number of esters is 1. The highest BCUT2D eigenvalue weighted by molar-refractivity contribution is 5.73. The van der Waals surface area contributed by atoms with Gasteiger partial charge in [0, 0.05) is 25.2 Å². The summed E-state index contributed by atoms with van der Waals surface area (Å²) in [6, 6.07) is 3.41. The van der Waals surface area contributed by atoms with Gasteiger partial charge in [-0.15, -0.1) is 0 Å². The van der Waals surface area contributed by atoms with Crippen LogP contribution in [0.3, 0.4) is 0 Å². The molecule has 0 saturated carbocycles. The number of rotatable bonds is 4. The molecule has 1 heterocycles. The van der Waals surface area contributed by atoms with Crippen LogP contribution >= 0.6 is 0 Å². The lowest BCUT2D eigenvalue weighted by molar-refractivity contribution is -0.384. The fourth-order valence-electron chi connectivity index (χ4n) is 2.52. The van der Waals surface area contributed by atoms with E-state index in [-0.39, 0.29) is 23.3 Å². The van der Waals surface area contributed by atoms with Gasteiger partial charge in [0.2, 0.25) is 0 Å². The van der Waals surface area contributed by atoms with E-state index in [0.717, 1.165) is 6.07 Å². The molecule has 0 aromatic heterocycles. The number of halogens is 1. The maximum atomic E-state index is 13.3. The van der Waals surface area contributed by atoms with Crippen molar-refractivity contribution in [2.24, 2.45) is 5.92 Å². The lowest BCUT2D eigenvalue weighted by Crippen LogP contribution is -2.37. The van der Waals surface area contributed by atoms with E-state index in [1.54, 1.807) is 11.8 Å². The lowest BCUT2D eigenvalue weighted by Gasteiger charge is -2.32. The first-order chi connectivity index (χ1) is 10.0. The van der Waals surface area contributed by atoms with Crippen LogP contribution in [-0.2, 0) is 9.53 Å². The van der Waals surface area contributed by atoms with E-state index in [1.807, 2.05) is 0 Å². The zero-order valence-corrected chi connectivity index (χ0v) is 11.8. The molecule has 114 valence electrons. The molecular formula is C14H17FN2O4. The average Bonchev–Trinajstić information content (AvgIpc) is 2.47. The van der Waals surface area contributed by atoms with Gasteiger partial charge in [0.1, 0.15) is 11.5 Å². The molecule has 1 aliphatic rings. The quantitative estimate of drug-likeness (QED) is 0.485. The Kier molecular flexibility index (Phi) is 4.72. The molecular weight excluding hydrogens is 279 g/mol. The van der Waals surface area contributed by atoms with Crippen LogP contribution in [0.15, 0.2) is 18.2 Å². The number of carbonyl (C=O) groups excluding carboxylic acids is 1. The molecule has 6 nitrogen and oxygen atoms in total. The van der Waals surface area contributed by atoms with Gasteiger partial charge in [-0.1, -0.05) is 0 Å². The molecule has 0 N–H and O–H groups in total. The molecule has 0 atom stereocenters. The molecule has 2 rings (SSSR count). The van der Waals surface area contributed by atoms with Crippen LogP contribution in [0.2, 0.25) is 0 Å². The Morgan fingerprint density at radius 1 is 1.48 bits per heavy atom. The molecule has 21 heavy (non-hydrogen) atoms. The van der Waals surface area contributed by atoms with Crippen molar-refractivity contribution in [2.75, 3.05) is 24.6 Å².